The molecule has 2 aromatic carbocycles. The van der Waals surface area contributed by atoms with E-state index in [0.29, 0.717) is 31.0 Å². The van der Waals surface area contributed by atoms with Gasteiger partial charge in [-0.1, -0.05) is 79.7 Å². The second kappa shape index (κ2) is 14.1. The average Bonchev–Trinajstić information content (AvgIpc) is 2.77. The maximum atomic E-state index is 6.01. The van der Waals surface area contributed by atoms with Crippen molar-refractivity contribution in [3.63, 3.8) is 0 Å². The Morgan fingerprint density at radius 3 is 1.90 bits per heavy atom. The molecular weight excluding hydrogens is 384 g/mol. The van der Waals surface area contributed by atoms with Crippen molar-refractivity contribution in [3.8, 4) is 11.5 Å². The fourth-order valence-electron chi connectivity index (χ4n) is 3.21. The Morgan fingerprint density at radius 1 is 0.742 bits per heavy atom. The molecule has 3 nitrogen and oxygen atoms in total. The molecule has 0 fully saturated rings. The van der Waals surface area contributed by atoms with E-state index in [0.717, 1.165) is 17.9 Å². The van der Waals surface area contributed by atoms with Crippen LogP contribution in [0.3, 0.4) is 0 Å². The van der Waals surface area contributed by atoms with Crippen LogP contribution in [0.25, 0.3) is 0 Å². The summed E-state index contributed by atoms with van der Waals surface area (Å²) in [6.45, 7) is 20.2. The highest BCUT2D eigenvalue weighted by atomic mass is 16.7. The Labute approximate surface area is 191 Å². The van der Waals surface area contributed by atoms with Crippen molar-refractivity contribution in [2.75, 3.05) is 13.2 Å². The predicted octanol–water partition coefficient (Wildman–Crippen LogP) is 8.29. The Kier molecular flexibility index (Phi) is 12.3. The lowest BCUT2D eigenvalue weighted by molar-refractivity contribution is -0.0739. The molecule has 0 heterocycles. The molecular formula is C28H44O3. The van der Waals surface area contributed by atoms with Crippen LogP contribution in [0.5, 0.6) is 11.5 Å². The highest BCUT2D eigenvalue weighted by Gasteiger charge is 2.11. The summed E-state index contributed by atoms with van der Waals surface area (Å²) < 4.78 is 17.7. The fourth-order valence-corrected chi connectivity index (χ4v) is 3.21. The summed E-state index contributed by atoms with van der Waals surface area (Å²) in [5.74, 6) is 3.28. The van der Waals surface area contributed by atoms with Crippen molar-refractivity contribution in [2.45, 2.75) is 92.8 Å². The molecule has 2 rings (SSSR count). The van der Waals surface area contributed by atoms with Crippen molar-refractivity contribution >= 4 is 0 Å². The lowest BCUT2D eigenvalue weighted by Gasteiger charge is -2.19. The van der Waals surface area contributed by atoms with Gasteiger partial charge < -0.3 is 14.2 Å². The Balaban J connectivity index is 0.00000233. The Bertz CT molecular complexity index is 734. The van der Waals surface area contributed by atoms with E-state index in [1.165, 1.54) is 16.7 Å². The van der Waals surface area contributed by atoms with Gasteiger partial charge in [-0.2, -0.15) is 0 Å². The molecule has 0 aliphatic rings. The highest BCUT2D eigenvalue weighted by molar-refractivity contribution is 5.40. The molecule has 0 N–H and O–H groups in total. The molecule has 3 heteroatoms. The second-order valence-corrected chi connectivity index (χ2v) is 8.39. The number of hydrogen-bond acceptors (Lipinski definition) is 3. The number of hydrogen-bond donors (Lipinski definition) is 0. The van der Waals surface area contributed by atoms with E-state index in [2.05, 4.69) is 71.9 Å². The van der Waals surface area contributed by atoms with Crippen LogP contribution in [0.4, 0.5) is 0 Å². The third-order valence-electron chi connectivity index (χ3n) is 5.38. The van der Waals surface area contributed by atoms with Crippen LogP contribution in [0.15, 0.2) is 42.5 Å². The molecule has 2 atom stereocenters. The monoisotopic (exact) mass is 428 g/mol. The van der Waals surface area contributed by atoms with E-state index in [-0.39, 0.29) is 6.29 Å². The van der Waals surface area contributed by atoms with Gasteiger partial charge >= 0.3 is 0 Å². The molecule has 0 radical (unpaired) electrons. The summed E-state index contributed by atoms with van der Waals surface area (Å²) in [4.78, 5) is 0. The zero-order valence-corrected chi connectivity index (χ0v) is 21.2. The molecule has 0 amide bonds. The van der Waals surface area contributed by atoms with Gasteiger partial charge in [-0.3, -0.25) is 0 Å². The highest BCUT2D eigenvalue weighted by Crippen LogP contribution is 2.30. The van der Waals surface area contributed by atoms with Crippen molar-refractivity contribution < 1.29 is 14.2 Å². The molecule has 0 bridgehead atoms. The lowest BCUT2D eigenvalue weighted by Crippen LogP contribution is -2.20. The standard InChI is InChI=1S/C26H38O3.C2H6/c1-8-20(6)22-9-12-24(13-10-22)29-21(7)27-15-16-28-26-14-11-23(18(2)3)17-25(26)19(4)5;1-2/h9-14,17-21H,8,15-16H2,1-7H3;1-2H3. The maximum Gasteiger partial charge on any atom is 0.197 e. The first-order valence-corrected chi connectivity index (χ1v) is 12.0. The number of rotatable bonds is 11. The normalized spacial score (nSPS) is 12.9. The van der Waals surface area contributed by atoms with E-state index in [1.54, 1.807) is 0 Å². The molecule has 0 spiro atoms. The van der Waals surface area contributed by atoms with E-state index in [1.807, 2.05) is 32.9 Å². The van der Waals surface area contributed by atoms with Gasteiger partial charge in [0.05, 0.1) is 6.61 Å². The van der Waals surface area contributed by atoms with Gasteiger partial charge in [-0.05, 0) is 66.0 Å². The van der Waals surface area contributed by atoms with Crippen LogP contribution in [-0.4, -0.2) is 19.5 Å². The smallest absolute Gasteiger partial charge is 0.197 e. The first-order valence-electron chi connectivity index (χ1n) is 12.0. The third kappa shape index (κ3) is 8.95. The second-order valence-electron chi connectivity index (χ2n) is 8.39. The van der Waals surface area contributed by atoms with Gasteiger partial charge in [0, 0.05) is 0 Å². The largest absolute Gasteiger partial charge is 0.491 e. The molecule has 0 aliphatic heterocycles. The first kappa shape index (κ1) is 27.0. The topological polar surface area (TPSA) is 27.7 Å². The van der Waals surface area contributed by atoms with E-state index >= 15 is 0 Å². The summed E-state index contributed by atoms with van der Waals surface area (Å²) in [6, 6.07) is 14.8. The Morgan fingerprint density at radius 2 is 1.35 bits per heavy atom. The summed E-state index contributed by atoms with van der Waals surface area (Å²) in [5.41, 5.74) is 3.94. The van der Waals surface area contributed by atoms with E-state index < -0.39 is 0 Å². The van der Waals surface area contributed by atoms with E-state index in [4.69, 9.17) is 14.2 Å². The third-order valence-corrected chi connectivity index (χ3v) is 5.38. The Hall–Kier alpha value is -2.00. The van der Waals surface area contributed by atoms with Crippen LogP contribution in [0.2, 0.25) is 0 Å². The summed E-state index contributed by atoms with van der Waals surface area (Å²) in [6.07, 6.45) is 0.819. The van der Waals surface area contributed by atoms with Crippen molar-refractivity contribution in [2.24, 2.45) is 0 Å². The van der Waals surface area contributed by atoms with Crippen LogP contribution >= 0.6 is 0 Å². The molecule has 2 aromatic rings. The minimum atomic E-state index is -0.319. The van der Waals surface area contributed by atoms with Crippen LogP contribution in [0.1, 0.15) is 103 Å². The molecule has 174 valence electrons. The van der Waals surface area contributed by atoms with Gasteiger partial charge in [0.25, 0.3) is 0 Å². The van der Waals surface area contributed by atoms with Crippen LogP contribution in [-0.2, 0) is 4.74 Å². The average molecular weight is 429 g/mol. The molecule has 0 saturated carbocycles. The zero-order valence-electron chi connectivity index (χ0n) is 21.2. The first-order chi connectivity index (χ1) is 14.8. The van der Waals surface area contributed by atoms with E-state index in [9.17, 15) is 0 Å². The van der Waals surface area contributed by atoms with Crippen molar-refractivity contribution in [3.05, 3.63) is 59.2 Å². The lowest BCUT2D eigenvalue weighted by atomic mass is 9.95. The molecule has 0 saturated heterocycles. The quantitative estimate of drug-likeness (QED) is 0.266. The minimum absolute atomic E-state index is 0.319. The van der Waals surface area contributed by atoms with Gasteiger partial charge in [-0.25, -0.2) is 0 Å². The molecule has 2 unspecified atom stereocenters. The fraction of sp³-hybridized carbons (Fsp3) is 0.571. The van der Waals surface area contributed by atoms with Crippen LogP contribution < -0.4 is 9.47 Å². The summed E-state index contributed by atoms with van der Waals surface area (Å²) >= 11 is 0. The predicted molar refractivity (Wildman–Crippen MR) is 133 cm³/mol. The van der Waals surface area contributed by atoms with Crippen molar-refractivity contribution in [1.82, 2.24) is 0 Å². The summed E-state index contributed by atoms with van der Waals surface area (Å²) in [7, 11) is 0. The molecule has 0 aromatic heterocycles. The number of benzene rings is 2. The minimum Gasteiger partial charge on any atom is -0.491 e. The molecule has 31 heavy (non-hydrogen) atoms. The van der Waals surface area contributed by atoms with Gasteiger partial charge in [0.1, 0.15) is 18.1 Å². The van der Waals surface area contributed by atoms with Crippen molar-refractivity contribution in [1.29, 1.82) is 0 Å². The van der Waals surface area contributed by atoms with Crippen LogP contribution in [0, 0.1) is 0 Å². The van der Waals surface area contributed by atoms with Gasteiger partial charge in [-0.15, -0.1) is 0 Å². The maximum absolute atomic E-state index is 6.01. The SMILES string of the molecule is CC.CCC(C)c1ccc(OC(C)OCCOc2ccc(C(C)C)cc2C(C)C)cc1. The van der Waals surface area contributed by atoms with Gasteiger partial charge in [0.15, 0.2) is 6.29 Å². The van der Waals surface area contributed by atoms with Gasteiger partial charge in [0.2, 0.25) is 0 Å². The zero-order chi connectivity index (χ0) is 23.4. The number of ether oxygens (including phenoxy) is 3. The molecule has 0 aliphatic carbocycles. The summed E-state index contributed by atoms with van der Waals surface area (Å²) in [5, 5.41) is 0.